The quantitative estimate of drug-likeness (QED) is 0.582. The predicted octanol–water partition coefficient (Wildman–Crippen LogP) is 4.24. The molecule has 7 heteroatoms. The van der Waals surface area contributed by atoms with Crippen LogP contribution in [0.4, 0.5) is 4.39 Å². The van der Waals surface area contributed by atoms with Crippen molar-refractivity contribution in [1.82, 2.24) is 10.3 Å². The van der Waals surface area contributed by atoms with Crippen LogP contribution in [-0.2, 0) is 0 Å². The number of benzene rings is 2. The first-order valence-corrected chi connectivity index (χ1v) is 10.6. The van der Waals surface area contributed by atoms with Crippen molar-refractivity contribution < 1.29 is 14.0 Å². The third-order valence-corrected chi connectivity index (χ3v) is 6.21. The summed E-state index contributed by atoms with van der Waals surface area (Å²) in [5.74, 6) is -1.19. The van der Waals surface area contributed by atoms with Gasteiger partial charge in [-0.1, -0.05) is 36.8 Å². The second-order valence-corrected chi connectivity index (χ2v) is 8.21. The Morgan fingerprint density at radius 1 is 1.17 bits per heavy atom. The third kappa shape index (κ3) is 4.32. The molecule has 1 aliphatic heterocycles. The van der Waals surface area contributed by atoms with Gasteiger partial charge in [-0.05, 0) is 37.6 Å². The molecule has 1 saturated heterocycles. The van der Waals surface area contributed by atoms with E-state index in [1.165, 1.54) is 17.4 Å². The molecule has 0 aliphatic carbocycles. The van der Waals surface area contributed by atoms with Gasteiger partial charge in [0.15, 0.2) is 5.78 Å². The molecule has 2 heterocycles. The molecule has 4 rings (SSSR count). The number of thiazole rings is 1. The highest BCUT2D eigenvalue weighted by molar-refractivity contribution is 7.18. The summed E-state index contributed by atoms with van der Waals surface area (Å²) in [6, 6.07) is 13.1. The van der Waals surface area contributed by atoms with Gasteiger partial charge in [-0.2, -0.15) is 0 Å². The summed E-state index contributed by atoms with van der Waals surface area (Å²) in [5.41, 5.74) is 6.95. The number of aromatic nitrogens is 1. The number of hydrogen-bond acceptors (Lipinski definition) is 5. The lowest BCUT2D eigenvalue weighted by atomic mass is 9.98. The largest absolute Gasteiger partial charge is 0.366 e. The monoisotopic (exact) mass is 422 g/mol. The van der Waals surface area contributed by atoms with Gasteiger partial charge in [0.1, 0.15) is 16.5 Å². The second-order valence-electron chi connectivity index (χ2n) is 7.21. The Balaban J connectivity index is 1.75. The fraction of sp³-hybridized carbons (Fsp3) is 0.217. The molecule has 3 N–H and O–H groups in total. The van der Waals surface area contributed by atoms with Crippen LogP contribution in [0.3, 0.4) is 0 Å². The molecule has 1 unspecified atom stereocenters. The molecular formula is C23H21FN3O2S. The van der Waals surface area contributed by atoms with Crippen LogP contribution in [0.5, 0.6) is 0 Å². The Kier molecular flexibility index (Phi) is 6.01. The molecule has 30 heavy (non-hydrogen) atoms. The summed E-state index contributed by atoms with van der Waals surface area (Å²) in [6.07, 6.45) is 4.68. The summed E-state index contributed by atoms with van der Waals surface area (Å²) in [6.45, 7) is 0.872. The maximum atomic E-state index is 14.5. The number of amides is 1. The lowest BCUT2D eigenvalue weighted by molar-refractivity contribution is 0.0995. The number of nitrogens with two attached hydrogens (primary N) is 1. The van der Waals surface area contributed by atoms with Crippen LogP contribution in [0.2, 0.25) is 0 Å². The van der Waals surface area contributed by atoms with Crippen LogP contribution in [0.1, 0.15) is 40.1 Å². The highest BCUT2D eigenvalue weighted by atomic mass is 32.1. The normalized spacial score (nSPS) is 16.4. The van der Waals surface area contributed by atoms with Gasteiger partial charge >= 0.3 is 0 Å². The molecular weight excluding hydrogens is 401 g/mol. The summed E-state index contributed by atoms with van der Waals surface area (Å²) in [5, 5.41) is 3.85. The molecule has 0 spiro atoms. The van der Waals surface area contributed by atoms with Gasteiger partial charge in [-0.25, -0.2) is 9.37 Å². The van der Waals surface area contributed by atoms with Crippen molar-refractivity contribution in [3.63, 3.8) is 0 Å². The van der Waals surface area contributed by atoms with Crippen LogP contribution in [0.15, 0.2) is 48.5 Å². The molecule has 153 valence electrons. The van der Waals surface area contributed by atoms with Crippen molar-refractivity contribution in [2.24, 2.45) is 5.73 Å². The minimum Gasteiger partial charge on any atom is -0.366 e. The first-order chi connectivity index (χ1) is 14.5. The summed E-state index contributed by atoms with van der Waals surface area (Å²) >= 11 is 1.23. The Hall–Kier alpha value is -2.90. The van der Waals surface area contributed by atoms with Gasteiger partial charge in [-0.15, -0.1) is 11.3 Å². The lowest BCUT2D eigenvalue weighted by Gasteiger charge is -2.22. The van der Waals surface area contributed by atoms with E-state index in [0.29, 0.717) is 26.6 Å². The highest BCUT2D eigenvalue weighted by Gasteiger charge is 2.25. The average Bonchev–Trinajstić information content (AvgIpc) is 3.20. The van der Waals surface area contributed by atoms with Crippen LogP contribution in [-0.4, -0.2) is 29.3 Å². The molecule has 0 bridgehead atoms. The Morgan fingerprint density at radius 3 is 2.73 bits per heavy atom. The number of primary amides is 1. The second kappa shape index (κ2) is 8.85. The zero-order valence-electron chi connectivity index (χ0n) is 16.2. The van der Waals surface area contributed by atoms with Gasteiger partial charge in [-0.3, -0.25) is 9.59 Å². The number of nitrogens with one attached hydrogen (secondary N) is 1. The number of rotatable bonds is 6. The van der Waals surface area contributed by atoms with E-state index in [1.807, 2.05) is 0 Å². The van der Waals surface area contributed by atoms with Crippen LogP contribution in [0, 0.1) is 12.2 Å². The van der Waals surface area contributed by atoms with E-state index in [1.54, 1.807) is 48.9 Å². The maximum absolute atomic E-state index is 14.5. The van der Waals surface area contributed by atoms with Crippen LogP contribution >= 0.6 is 11.3 Å². The number of ketones is 1. The molecule has 2 aromatic carbocycles. The SMILES string of the molecule is NC(=O)c1cccc(-c2nc(C(=O)[CH]C3CCCCN3)c(-c3ccccc3F)s2)c1. The first kappa shape index (κ1) is 20.4. The molecule has 1 aromatic heterocycles. The van der Waals surface area contributed by atoms with Gasteiger partial charge in [0.05, 0.1) is 11.3 Å². The molecule has 1 fully saturated rings. The van der Waals surface area contributed by atoms with E-state index in [9.17, 15) is 14.0 Å². The molecule has 1 radical (unpaired) electrons. The van der Waals surface area contributed by atoms with Crippen LogP contribution in [0.25, 0.3) is 21.0 Å². The van der Waals surface area contributed by atoms with Gasteiger partial charge < -0.3 is 11.1 Å². The number of piperidine rings is 1. The fourth-order valence-corrected chi connectivity index (χ4v) is 4.62. The van der Waals surface area contributed by atoms with Crippen molar-refractivity contribution in [3.8, 4) is 21.0 Å². The molecule has 1 atom stereocenters. The number of carbonyl (C=O) groups excluding carboxylic acids is 2. The zero-order valence-corrected chi connectivity index (χ0v) is 17.0. The molecule has 0 saturated carbocycles. The number of carbonyl (C=O) groups is 2. The van der Waals surface area contributed by atoms with Crippen molar-refractivity contribution in [2.75, 3.05) is 6.54 Å². The Morgan fingerprint density at radius 2 is 2.00 bits per heavy atom. The van der Waals surface area contributed by atoms with Crippen molar-refractivity contribution >= 4 is 23.0 Å². The lowest BCUT2D eigenvalue weighted by Crippen LogP contribution is -2.36. The highest BCUT2D eigenvalue weighted by Crippen LogP contribution is 2.37. The Labute approximate surface area is 178 Å². The first-order valence-electron chi connectivity index (χ1n) is 9.81. The van der Waals surface area contributed by atoms with E-state index >= 15 is 0 Å². The number of Topliss-reactive ketones (excluding diaryl/α,β-unsaturated/α-hetero) is 1. The predicted molar refractivity (Wildman–Crippen MR) is 116 cm³/mol. The van der Waals surface area contributed by atoms with E-state index < -0.39 is 11.7 Å². The van der Waals surface area contributed by atoms with Gasteiger partial charge in [0, 0.05) is 22.7 Å². The van der Waals surface area contributed by atoms with E-state index in [2.05, 4.69) is 10.3 Å². The molecule has 1 aliphatic rings. The zero-order chi connectivity index (χ0) is 21.1. The maximum Gasteiger partial charge on any atom is 0.248 e. The smallest absolute Gasteiger partial charge is 0.248 e. The fourth-order valence-electron chi connectivity index (χ4n) is 3.53. The number of nitrogens with zero attached hydrogens (tertiary/aromatic N) is 1. The molecule has 1 amide bonds. The van der Waals surface area contributed by atoms with Crippen LogP contribution < -0.4 is 11.1 Å². The third-order valence-electron chi connectivity index (χ3n) is 5.07. The molecule has 3 aromatic rings. The van der Waals surface area contributed by atoms with Crippen molar-refractivity contribution in [1.29, 1.82) is 0 Å². The van der Waals surface area contributed by atoms with Gasteiger partial charge in [0.25, 0.3) is 0 Å². The van der Waals surface area contributed by atoms with Gasteiger partial charge in [0.2, 0.25) is 5.91 Å². The Bertz CT molecular complexity index is 1090. The number of halogens is 1. The summed E-state index contributed by atoms with van der Waals surface area (Å²) in [7, 11) is 0. The standard InChI is InChI=1S/C23H21FN3O2S/c24-18-10-2-1-9-17(18)21-20(19(28)13-16-8-3-4-11-26-16)27-23(30-21)15-7-5-6-14(12-15)22(25)29/h1-2,5-7,9-10,12-13,16,26H,3-4,8,11H2,(H2,25,29). The minimum atomic E-state index is -0.546. The summed E-state index contributed by atoms with van der Waals surface area (Å²) in [4.78, 5) is 29.7. The minimum absolute atomic E-state index is 0.0111. The topological polar surface area (TPSA) is 85.1 Å². The van der Waals surface area contributed by atoms with Crippen molar-refractivity contribution in [2.45, 2.75) is 25.3 Å². The van der Waals surface area contributed by atoms with E-state index in [-0.39, 0.29) is 17.5 Å². The average molecular weight is 423 g/mol. The van der Waals surface area contributed by atoms with Crippen molar-refractivity contribution in [3.05, 3.63) is 72.0 Å². The van der Waals surface area contributed by atoms with E-state index in [0.717, 1.165) is 25.8 Å². The number of hydrogen-bond donors (Lipinski definition) is 2. The van der Waals surface area contributed by atoms with E-state index in [4.69, 9.17) is 5.73 Å². The molecule has 5 nitrogen and oxygen atoms in total. The summed E-state index contributed by atoms with van der Waals surface area (Å²) < 4.78 is 14.5.